The molecule has 1 aliphatic rings. The zero-order valence-electron chi connectivity index (χ0n) is 10.9. The van der Waals surface area contributed by atoms with Crippen LogP contribution in [0.3, 0.4) is 0 Å². The van der Waals surface area contributed by atoms with Crippen molar-refractivity contribution in [2.45, 2.75) is 45.6 Å². The van der Waals surface area contributed by atoms with Crippen molar-refractivity contribution in [2.24, 2.45) is 0 Å². The average Bonchev–Trinajstić information content (AvgIpc) is 2.64. The van der Waals surface area contributed by atoms with E-state index in [1.165, 1.54) is 5.56 Å². The smallest absolute Gasteiger partial charge is 0.222 e. The van der Waals surface area contributed by atoms with Gasteiger partial charge in [-0.1, -0.05) is 26.8 Å². The van der Waals surface area contributed by atoms with Gasteiger partial charge >= 0.3 is 0 Å². The molecule has 1 amide bonds. The van der Waals surface area contributed by atoms with Crippen molar-refractivity contribution < 1.29 is 4.79 Å². The molecule has 0 aromatic carbocycles. The molecule has 1 aromatic heterocycles. The van der Waals surface area contributed by atoms with Gasteiger partial charge in [-0.2, -0.15) is 0 Å². The molecule has 0 N–H and O–H groups in total. The maximum atomic E-state index is 11.6. The molecule has 1 aliphatic heterocycles. The summed E-state index contributed by atoms with van der Waals surface area (Å²) in [6, 6.07) is 2.17. The van der Waals surface area contributed by atoms with E-state index in [1.807, 2.05) is 17.3 Å². The molecule has 3 heteroatoms. The fraction of sp³-hybridized carbons (Fsp3) is 0.571. The summed E-state index contributed by atoms with van der Waals surface area (Å²) in [7, 11) is 0. The molecule has 92 valence electrons. The van der Waals surface area contributed by atoms with Crippen molar-refractivity contribution in [1.29, 1.82) is 0 Å². The first-order valence-corrected chi connectivity index (χ1v) is 6.19. The second-order valence-electron chi connectivity index (χ2n) is 5.75. The van der Waals surface area contributed by atoms with Crippen molar-refractivity contribution >= 4 is 5.91 Å². The number of rotatable bonds is 2. The Labute approximate surface area is 103 Å². The van der Waals surface area contributed by atoms with Gasteiger partial charge in [0.15, 0.2) is 0 Å². The monoisotopic (exact) mass is 232 g/mol. The molecule has 17 heavy (non-hydrogen) atoms. The number of amides is 1. The first-order valence-electron chi connectivity index (χ1n) is 6.19. The number of carbonyl (C=O) groups is 1. The minimum absolute atomic E-state index is 0.109. The number of carbonyl (C=O) groups excluding carboxylic acids is 1. The first kappa shape index (κ1) is 12.1. The Morgan fingerprint density at radius 2 is 2.12 bits per heavy atom. The lowest BCUT2D eigenvalue weighted by Crippen LogP contribution is -2.24. The van der Waals surface area contributed by atoms with Crippen LogP contribution in [0.15, 0.2) is 18.5 Å². The van der Waals surface area contributed by atoms with Gasteiger partial charge in [0.05, 0.1) is 0 Å². The quantitative estimate of drug-likeness (QED) is 0.785. The van der Waals surface area contributed by atoms with Gasteiger partial charge in [-0.05, 0) is 23.0 Å². The summed E-state index contributed by atoms with van der Waals surface area (Å²) in [6.45, 7) is 8.12. The van der Waals surface area contributed by atoms with Crippen molar-refractivity contribution in [1.82, 2.24) is 9.88 Å². The molecule has 0 aliphatic carbocycles. The molecule has 0 radical (unpaired) electrons. The summed E-state index contributed by atoms with van der Waals surface area (Å²) in [5.74, 6) is 0.270. The van der Waals surface area contributed by atoms with E-state index in [4.69, 9.17) is 0 Å². The topological polar surface area (TPSA) is 33.2 Å². The molecule has 0 saturated carbocycles. The predicted octanol–water partition coefficient (Wildman–Crippen LogP) is 2.50. The third-order valence-electron chi connectivity index (χ3n) is 3.21. The highest BCUT2D eigenvalue weighted by Crippen LogP contribution is 2.23. The third-order valence-corrected chi connectivity index (χ3v) is 3.21. The molecule has 1 aromatic rings. The first-order chi connectivity index (χ1) is 7.97. The molecule has 0 unspecified atom stereocenters. The predicted molar refractivity (Wildman–Crippen MR) is 67.6 cm³/mol. The number of aromatic nitrogens is 1. The Balaban J connectivity index is 2.14. The third kappa shape index (κ3) is 2.84. The molecule has 0 spiro atoms. The molecule has 0 atom stereocenters. The number of pyridine rings is 1. The Morgan fingerprint density at radius 3 is 2.71 bits per heavy atom. The fourth-order valence-corrected chi connectivity index (χ4v) is 2.08. The Kier molecular flexibility index (Phi) is 3.18. The minimum Gasteiger partial charge on any atom is -0.338 e. The van der Waals surface area contributed by atoms with Crippen LogP contribution < -0.4 is 0 Å². The van der Waals surface area contributed by atoms with E-state index in [2.05, 4.69) is 31.8 Å². The van der Waals surface area contributed by atoms with Gasteiger partial charge in [-0.3, -0.25) is 9.78 Å². The maximum Gasteiger partial charge on any atom is 0.222 e. The number of likely N-dealkylation sites (tertiary alicyclic amines) is 1. The van der Waals surface area contributed by atoms with E-state index in [1.54, 1.807) is 0 Å². The lowest BCUT2D eigenvalue weighted by atomic mass is 9.87. The normalized spacial score (nSPS) is 16.6. The van der Waals surface area contributed by atoms with Crippen LogP contribution in [0.5, 0.6) is 0 Å². The van der Waals surface area contributed by atoms with Gasteiger partial charge < -0.3 is 4.90 Å². The standard InChI is InChI=1S/C14H20N2O/c1-14(2,3)12-7-11(8-15-9-12)10-16-6-4-5-13(16)17/h7-9H,4-6,10H2,1-3H3. The zero-order valence-corrected chi connectivity index (χ0v) is 10.9. The Bertz CT molecular complexity index is 420. The lowest BCUT2D eigenvalue weighted by Gasteiger charge is -2.21. The Hall–Kier alpha value is -1.38. The van der Waals surface area contributed by atoms with Gasteiger partial charge in [0, 0.05) is 31.9 Å². The summed E-state index contributed by atoms with van der Waals surface area (Å²) >= 11 is 0. The lowest BCUT2D eigenvalue weighted by molar-refractivity contribution is -0.128. The van der Waals surface area contributed by atoms with Crippen LogP contribution in [0.4, 0.5) is 0 Å². The molecule has 2 heterocycles. The molecular weight excluding hydrogens is 212 g/mol. The van der Waals surface area contributed by atoms with Crippen LogP contribution in [-0.2, 0) is 16.8 Å². The van der Waals surface area contributed by atoms with Gasteiger partial charge in [-0.15, -0.1) is 0 Å². The number of hydrogen-bond donors (Lipinski definition) is 0. The van der Waals surface area contributed by atoms with E-state index in [9.17, 15) is 4.79 Å². The largest absolute Gasteiger partial charge is 0.338 e. The van der Waals surface area contributed by atoms with Crippen LogP contribution in [0.25, 0.3) is 0 Å². The number of nitrogens with zero attached hydrogens (tertiary/aromatic N) is 2. The van der Waals surface area contributed by atoms with Gasteiger partial charge in [0.2, 0.25) is 5.91 Å². The molecule has 1 saturated heterocycles. The average molecular weight is 232 g/mol. The molecule has 3 nitrogen and oxygen atoms in total. The van der Waals surface area contributed by atoms with Crippen LogP contribution in [0.2, 0.25) is 0 Å². The van der Waals surface area contributed by atoms with Crippen LogP contribution in [0.1, 0.15) is 44.7 Å². The second-order valence-corrected chi connectivity index (χ2v) is 5.75. The minimum atomic E-state index is 0.109. The highest BCUT2D eigenvalue weighted by atomic mass is 16.2. The van der Waals surface area contributed by atoms with Crippen molar-refractivity contribution in [3.63, 3.8) is 0 Å². The van der Waals surface area contributed by atoms with E-state index in [0.29, 0.717) is 13.0 Å². The highest BCUT2D eigenvalue weighted by Gasteiger charge is 2.21. The molecule has 0 bridgehead atoms. The Morgan fingerprint density at radius 1 is 1.35 bits per heavy atom. The SMILES string of the molecule is CC(C)(C)c1cncc(CN2CCCC2=O)c1. The zero-order chi connectivity index (χ0) is 12.5. The van der Waals surface area contributed by atoms with Crippen LogP contribution >= 0.6 is 0 Å². The van der Waals surface area contributed by atoms with Crippen molar-refractivity contribution in [3.05, 3.63) is 29.6 Å². The van der Waals surface area contributed by atoms with E-state index >= 15 is 0 Å². The van der Waals surface area contributed by atoms with Crippen LogP contribution in [-0.4, -0.2) is 22.3 Å². The van der Waals surface area contributed by atoms with E-state index in [-0.39, 0.29) is 11.3 Å². The van der Waals surface area contributed by atoms with E-state index in [0.717, 1.165) is 18.5 Å². The molecule has 1 fully saturated rings. The fourth-order valence-electron chi connectivity index (χ4n) is 2.08. The summed E-state index contributed by atoms with van der Waals surface area (Å²) in [5, 5.41) is 0. The maximum absolute atomic E-state index is 11.6. The second kappa shape index (κ2) is 4.47. The van der Waals surface area contributed by atoms with Gasteiger partial charge in [0.25, 0.3) is 0 Å². The van der Waals surface area contributed by atoms with Gasteiger partial charge in [-0.25, -0.2) is 0 Å². The van der Waals surface area contributed by atoms with Gasteiger partial charge in [0.1, 0.15) is 0 Å². The summed E-state index contributed by atoms with van der Waals surface area (Å²) in [4.78, 5) is 17.8. The van der Waals surface area contributed by atoms with Crippen LogP contribution in [0, 0.1) is 0 Å². The molecular formula is C14H20N2O. The highest BCUT2D eigenvalue weighted by molar-refractivity contribution is 5.78. The van der Waals surface area contributed by atoms with Crippen molar-refractivity contribution in [2.75, 3.05) is 6.54 Å². The summed E-state index contributed by atoms with van der Waals surface area (Å²) in [6.07, 6.45) is 5.47. The number of hydrogen-bond acceptors (Lipinski definition) is 2. The summed E-state index contributed by atoms with van der Waals surface area (Å²) < 4.78 is 0. The van der Waals surface area contributed by atoms with E-state index < -0.39 is 0 Å². The summed E-state index contributed by atoms with van der Waals surface area (Å²) in [5.41, 5.74) is 2.47. The van der Waals surface area contributed by atoms with Crippen molar-refractivity contribution in [3.8, 4) is 0 Å². The molecule has 2 rings (SSSR count).